The predicted molar refractivity (Wildman–Crippen MR) is 107 cm³/mol. The van der Waals surface area contributed by atoms with E-state index in [1.54, 1.807) is 6.26 Å². The third-order valence-corrected chi connectivity index (χ3v) is 8.70. The molecule has 3 saturated carbocycles. The maximum atomic E-state index is 13.2. The molecule has 4 aliphatic carbocycles. The molecule has 4 heteroatoms. The van der Waals surface area contributed by atoms with Crippen LogP contribution in [0.4, 0.5) is 0 Å². The fourth-order valence-corrected chi connectivity index (χ4v) is 7.90. The lowest BCUT2D eigenvalue weighted by molar-refractivity contribution is -0.177. The summed E-state index contributed by atoms with van der Waals surface area (Å²) in [6, 6.07) is 2.67. The SMILES string of the molecule is CC(C)=COC[C@@]12C[C@@H]3[C@H](C)CC[C@H]3[C@@]3(C#N)C[C@@H]1C=C(C(C)C)[C@@]23C(=O)O. The first-order valence-corrected chi connectivity index (χ1v) is 10.8. The van der Waals surface area contributed by atoms with E-state index in [0.29, 0.717) is 24.9 Å². The summed E-state index contributed by atoms with van der Waals surface area (Å²) in [5.41, 5.74) is -0.386. The van der Waals surface area contributed by atoms with Crippen molar-refractivity contribution in [1.82, 2.24) is 0 Å². The maximum Gasteiger partial charge on any atom is 0.316 e. The molecule has 0 aromatic rings. The van der Waals surface area contributed by atoms with Crippen LogP contribution in [0.5, 0.6) is 0 Å². The molecule has 7 atom stereocenters. The minimum Gasteiger partial charge on any atom is -0.501 e. The Bertz CT molecular complexity index is 801. The monoisotopic (exact) mass is 383 g/mol. The molecule has 0 aromatic carbocycles. The molecule has 3 fully saturated rings. The zero-order valence-electron chi connectivity index (χ0n) is 17.8. The van der Waals surface area contributed by atoms with E-state index >= 15 is 0 Å². The van der Waals surface area contributed by atoms with Gasteiger partial charge in [0, 0.05) is 5.41 Å². The summed E-state index contributed by atoms with van der Waals surface area (Å²) in [7, 11) is 0. The van der Waals surface area contributed by atoms with Crippen molar-refractivity contribution in [3.63, 3.8) is 0 Å². The number of carbonyl (C=O) groups is 1. The maximum absolute atomic E-state index is 13.2. The van der Waals surface area contributed by atoms with Crippen LogP contribution in [-0.4, -0.2) is 17.7 Å². The van der Waals surface area contributed by atoms with Crippen LogP contribution in [0.3, 0.4) is 0 Å². The number of carboxylic acids is 1. The molecule has 0 amide bonds. The van der Waals surface area contributed by atoms with Gasteiger partial charge in [0.2, 0.25) is 0 Å². The van der Waals surface area contributed by atoms with E-state index in [9.17, 15) is 15.2 Å². The number of allylic oxidation sites excluding steroid dienone is 2. The van der Waals surface area contributed by atoms with Gasteiger partial charge in [-0.05, 0) is 68.3 Å². The quantitative estimate of drug-likeness (QED) is 0.525. The lowest BCUT2D eigenvalue weighted by atomic mass is 9.43. The van der Waals surface area contributed by atoms with Gasteiger partial charge in [-0.2, -0.15) is 5.26 Å². The van der Waals surface area contributed by atoms with E-state index in [1.807, 2.05) is 13.8 Å². The van der Waals surface area contributed by atoms with Crippen molar-refractivity contribution in [2.45, 2.75) is 60.3 Å². The van der Waals surface area contributed by atoms with E-state index < -0.39 is 22.2 Å². The van der Waals surface area contributed by atoms with Crippen molar-refractivity contribution in [3.05, 3.63) is 23.5 Å². The van der Waals surface area contributed by atoms with Gasteiger partial charge in [-0.25, -0.2) is 0 Å². The van der Waals surface area contributed by atoms with Crippen molar-refractivity contribution >= 4 is 5.97 Å². The van der Waals surface area contributed by atoms with Crippen LogP contribution in [-0.2, 0) is 9.53 Å². The highest BCUT2D eigenvalue weighted by atomic mass is 16.5. The second-order valence-corrected chi connectivity index (χ2v) is 10.4. The molecular weight excluding hydrogens is 350 g/mol. The summed E-state index contributed by atoms with van der Waals surface area (Å²) in [6.45, 7) is 10.8. The van der Waals surface area contributed by atoms with Gasteiger partial charge < -0.3 is 9.84 Å². The van der Waals surface area contributed by atoms with Crippen LogP contribution in [0, 0.1) is 57.2 Å². The van der Waals surface area contributed by atoms with Crippen LogP contribution >= 0.6 is 0 Å². The Labute approximate surface area is 168 Å². The molecule has 0 aliphatic heterocycles. The van der Waals surface area contributed by atoms with Gasteiger partial charge in [-0.1, -0.05) is 38.8 Å². The predicted octanol–water partition coefficient (Wildman–Crippen LogP) is 5.18. The van der Waals surface area contributed by atoms with Gasteiger partial charge in [0.15, 0.2) is 0 Å². The first kappa shape index (κ1) is 19.6. The Kier molecular flexibility index (Phi) is 4.27. The van der Waals surface area contributed by atoms with E-state index in [-0.39, 0.29) is 17.8 Å². The van der Waals surface area contributed by atoms with Crippen molar-refractivity contribution < 1.29 is 14.6 Å². The largest absolute Gasteiger partial charge is 0.501 e. The highest BCUT2D eigenvalue weighted by Crippen LogP contribution is 2.83. The smallest absolute Gasteiger partial charge is 0.316 e. The first-order valence-electron chi connectivity index (χ1n) is 10.8. The summed E-state index contributed by atoms with van der Waals surface area (Å²) in [6.07, 6.45) is 7.62. The van der Waals surface area contributed by atoms with Gasteiger partial charge in [0.05, 0.1) is 24.4 Å². The lowest BCUT2D eigenvalue weighted by Crippen LogP contribution is -2.62. The number of aliphatic carboxylic acids is 1. The summed E-state index contributed by atoms with van der Waals surface area (Å²) < 4.78 is 6.04. The number of carboxylic acid groups (broad SMARTS) is 1. The highest BCUT2D eigenvalue weighted by Gasteiger charge is 2.85. The Morgan fingerprint density at radius 2 is 2.11 bits per heavy atom. The molecule has 4 bridgehead atoms. The second-order valence-electron chi connectivity index (χ2n) is 10.4. The van der Waals surface area contributed by atoms with Gasteiger partial charge in [-0.3, -0.25) is 4.79 Å². The Balaban J connectivity index is 1.95. The fourth-order valence-electron chi connectivity index (χ4n) is 7.90. The molecule has 0 heterocycles. The third kappa shape index (κ3) is 1.98. The van der Waals surface area contributed by atoms with E-state index in [0.717, 1.165) is 30.4 Å². The van der Waals surface area contributed by atoms with Gasteiger partial charge in [0.1, 0.15) is 5.41 Å². The van der Waals surface area contributed by atoms with Crippen LogP contribution in [0.2, 0.25) is 0 Å². The van der Waals surface area contributed by atoms with E-state index in [4.69, 9.17) is 4.74 Å². The minimum atomic E-state index is -1.12. The number of nitriles is 1. The van der Waals surface area contributed by atoms with Crippen LogP contribution in [0.1, 0.15) is 60.3 Å². The topological polar surface area (TPSA) is 70.3 Å². The first-order chi connectivity index (χ1) is 13.2. The molecule has 4 nitrogen and oxygen atoms in total. The van der Waals surface area contributed by atoms with Crippen molar-refractivity contribution in [1.29, 1.82) is 5.26 Å². The van der Waals surface area contributed by atoms with Gasteiger partial charge in [0.25, 0.3) is 0 Å². The number of hydrogen-bond donors (Lipinski definition) is 1. The number of nitrogens with zero attached hydrogens (tertiary/aromatic N) is 1. The molecule has 0 unspecified atom stereocenters. The van der Waals surface area contributed by atoms with Gasteiger partial charge >= 0.3 is 5.97 Å². The summed E-state index contributed by atoms with van der Waals surface area (Å²) in [4.78, 5) is 13.2. The number of hydrogen-bond acceptors (Lipinski definition) is 3. The van der Waals surface area contributed by atoms with E-state index in [1.165, 1.54) is 0 Å². The number of ether oxygens (including phenoxy) is 1. The Hall–Kier alpha value is -1.76. The van der Waals surface area contributed by atoms with Crippen LogP contribution < -0.4 is 0 Å². The Morgan fingerprint density at radius 3 is 2.68 bits per heavy atom. The zero-order valence-corrected chi connectivity index (χ0v) is 17.8. The molecular formula is C24H33NO3. The number of rotatable bonds is 5. The molecule has 1 N–H and O–H groups in total. The molecule has 4 rings (SSSR count). The Morgan fingerprint density at radius 1 is 1.39 bits per heavy atom. The van der Waals surface area contributed by atoms with Crippen molar-refractivity contribution in [2.24, 2.45) is 45.8 Å². The number of fused-ring (bicyclic) bond motifs is 2. The van der Waals surface area contributed by atoms with E-state index in [2.05, 4.69) is 32.9 Å². The summed E-state index contributed by atoms with van der Waals surface area (Å²) in [5, 5.41) is 21.4. The summed E-state index contributed by atoms with van der Waals surface area (Å²) >= 11 is 0. The fraction of sp³-hybridized carbons (Fsp3) is 0.750. The van der Waals surface area contributed by atoms with Crippen LogP contribution in [0.25, 0.3) is 0 Å². The molecule has 152 valence electrons. The van der Waals surface area contributed by atoms with Crippen LogP contribution in [0.15, 0.2) is 23.5 Å². The zero-order chi connectivity index (χ0) is 20.5. The highest BCUT2D eigenvalue weighted by molar-refractivity contribution is 5.85. The standard InChI is InChI=1S/C24H33NO3/c1-14(2)11-28-13-23-10-18-16(5)6-7-19(18)22(12-25)9-17(23)8-20(15(3)4)24(22,23)21(26)27/h8,11,15-19H,6-7,9-10,13H2,1-5H3,(H,26,27)/t16-,17+,18-,19-,22+,23+,24+/m1/s1. The van der Waals surface area contributed by atoms with Crippen molar-refractivity contribution in [3.8, 4) is 6.07 Å². The average Bonchev–Trinajstić information content (AvgIpc) is 3.18. The summed E-state index contributed by atoms with van der Waals surface area (Å²) in [5.74, 6) is 0.593. The third-order valence-electron chi connectivity index (χ3n) is 8.70. The molecule has 28 heavy (non-hydrogen) atoms. The average molecular weight is 384 g/mol. The molecule has 0 radical (unpaired) electrons. The second kappa shape index (κ2) is 6.12. The van der Waals surface area contributed by atoms with Gasteiger partial charge in [-0.15, -0.1) is 0 Å². The molecule has 0 spiro atoms. The molecule has 0 aromatic heterocycles. The molecule has 0 saturated heterocycles. The van der Waals surface area contributed by atoms with Crippen molar-refractivity contribution in [2.75, 3.05) is 6.61 Å². The lowest BCUT2D eigenvalue weighted by Gasteiger charge is -2.57. The normalized spacial score (nSPS) is 45.4. The molecule has 4 aliphatic rings. The minimum absolute atomic E-state index is 0.115.